The van der Waals surface area contributed by atoms with Gasteiger partial charge in [-0.25, -0.2) is 0 Å². The first-order valence-electron chi connectivity index (χ1n) is 3.73. The topological polar surface area (TPSA) is 32.3 Å². The van der Waals surface area contributed by atoms with Gasteiger partial charge in [0.1, 0.15) is 0 Å². The van der Waals surface area contributed by atoms with Gasteiger partial charge in [0.05, 0.1) is 0 Å². The molecule has 0 spiro atoms. The number of hydrogen-bond acceptors (Lipinski definition) is 2. The zero-order valence-electron chi connectivity index (χ0n) is 6.55. The lowest BCUT2D eigenvalue weighted by Crippen LogP contribution is -2.59. The second-order valence-electron chi connectivity index (χ2n) is 2.68. The van der Waals surface area contributed by atoms with Crippen molar-refractivity contribution in [2.45, 2.75) is 19.9 Å². The van der Waals surface area contributed by atoms with Crippen LogP contribution >= 0.6 is 0 Å². The Hall–Kier alpha value is -0.570. The van der Waals surface area contributed by atoms with Crippen LogP contribution in [0.25, 0.3) is 0 Å². The minimum atomic E-state index is 0.189. The molecular formula is C7H14N2O. The summed E-state index contributed by atoms with van der Waals surface area (Å²) < 4.78 is 0. The zero-order valence-corrected chi connectivity index (χ0v) is 6.55. The number of hydrogen-bond donors (Lipinski definition) is 1. The van der Waals surface area contributed by atoms with Crippen LogP contribution in [0.2, 0.25) is 0 Å². The van der Waals surface area contributed by atoms with Crippen molar-refractivity contribution in [3.63, 3.8) is 0 Å². The summed E-state index contributed by atoms with van der Waals surface area (Å²) in [4.78, 5) is 12.5. The van der Waals surface area contributed by atoms with Crippen LogP contribution in [0.5, 0.6) is 0 Å². The van der Waals surface area contributed by atoms with Crippen molar-refractivity contribution >= 4 is 5.91 Å². The average molecular weight is 142 g/mol. The molecule has 0 aromatic rings. The van der Waals surface area contributed by atoms with Gasteiger partial charge in [0, 0.05) is 26.1 Å². The van der Waals surface area contributed by atoms with Crippen molar-refractivity contribution in [1.29, 1.82) is 0 Å². The third kappa shape index (κ3) is 1.48. The summed E-state index contributed by atoms with van der Waals surface area (Å²) in [5.74, 6) is 0.189. The van der Waals surface area contributed by atoms with Crippen molar-refractivity contribution in [1.82, 2.24) is 10.2 Å². The van der Waals surface area contributed by atoms with Gasteiger partial charge in [-0.15, -0.1) is 0 Å². The summed E-state index contributed by atoms with van der Waals surface area (Å²) in [6, 6.07) is 0.550. The normalized spacial score (nSPS) is 18.8. The lowest BCUT2D eigenvalue weighted by Gasteiger charge is -2.38. The maximum Gasteiger partial charge on any atom is 0.219 e. The van der Waals surface area contributed by atoms with E-state index in [4.69, 9.17) is 0 Å². The first-order valence-corrected chi connectivity index (χ1v) is 3.73. The molecule has 1 rings (SSSR count). The Bertz CT molecular complexity index is 130. The number of amides is 1. The number of nitrogens with one attached hydrogen (secondary N) is 1. The summed E-state index contributed by atoms with van der Waals surface area (Å²) in [5, 5.41) is 3.27. The van der Waals surface area contributed by atoms with Crippen molar-refractivity contribution in [2.24, 2.45) is 0 Å². The van der Waals surface area contributed by atoms with Crippen molar-refractivity contribution in [3.8, 4) is 0 Å². The van der Waals surface area contributed by atoms with E-state index in [1.165, 1.54) is 0 Å². The monoisotopic (exact) mass is 142 g/mol. The van der Waals surface area contributed by atoms with Crippen LogP contribution in [-0.4, -0.2) is 36.5 Å². The molecule has 0 radical (unpaired) electrons. The molecule has 1 N–H and O–H groups in total. The highest BCUT2D eigenvalue weighted by atomic mass is 16.2. The second-order valence-corrected chi connectivity index (χ2v) is 2.68. The van der Waals surface area contributed by atoms with Gasteiger partial charge in [-0.05, 0) is 6.54 Å². The first kappa shape index (κ1) is 7.54. The Kier molecular flexibility index (Phi) is 2.27. The fraction of sp³-hybridized carbons (Fsp3) is 0.857. The summed E-state index contributed by atoms with van der Waals surface area (Å²) in [6.45, 7) is 6.47. The summed E-state index contributed by atoms with van der Waals surface area (Å²) >= 11 is 0. The minimum Gasteiger partial charge on any atom is -0.340 e. The number of likely N-dealkylation sites (tertiary alicyclic amines) is 1. The van der Waals surface area contributed by atoms with E-state index in [0.29, 0.717) is 6.04 Å². The maximum absolute atomic E-state index is 10.7. The maximum atomic E-state index is 10.7. The molecule has 0 atom stereocenters. The molecule has 0 aromatic carbocycles. The predicted molar refractivity (Wildman–Crippen MR) is 39.7 cm³/mol. The minimum absolute atomic E-state index is 0.189. The molecule has 1 aliphatic rings. The molecular weight excluding hydrogens is 128 g/mol. The van der Waals surface area contributed by atoms with Crippen LogP contribution in [0.15, 0.2) is 0 Å². The van der Waals surface area contributed by atoms with Crippen LogP contribution < -0.4 is 5.32 Å². The van der Waals surface area contributed by atoms with E-state index >= 15 is 0 Å². The van der Waals surface area contributed by atoms with E-state index < -0.39 is 0 Å². The molecule has 0 bridgehead atoms. The van der Waals surface area contributed by atoms with Gasteiger partial charge in [0.15, 0.2) is 0 Å². The first-order chi connectivity index (χ1) is 4.74. The molecule has 58 valence electrons. The van der Waals surface area contributed by atoms with Crippen molar-refractivity contribution < 1.29 is 4.79 Å². The van der Waals surface area contributed by atoms with Gasteiger partial charge in [-0.1, -0.05) is 6.92 Å². The Morgan fingerprint density at radius 1 is 1.70 bits per heavy atom. The predicted octanol–water partition coefficient (Wildman–Crippen LogP) is -0.173. The quantitative estimate of drug-likeness (QED) is 0.580. The molecule has 0 unspecified atom stereocenters. The van der Waals surface area contributed by atoms with E-state index in [0.717, 1.165) is 19.6 Å². The second kappa shape index (κ2) is 3.01. The highest BCUT2D eigenvalue weighted by Gasteiger charge is 2.26. The fourth-order valence-corrected chi connectivity index (χ4v) is 1.15. The number of carbonyl (C=O) groups is 1. The molecule has 0 aromatic heterocycles. The van der Waals surface area contributed by atoms with Gasteiger partial charge in [-0.3, -0.25) is 4.79 Å². The van der Waals surface area contributed by atoms with Gasteiger partial charge in [0.2, 0.25) is 5.91 Å². The summed E-state index contributed by atoms with van der Waals surface area (Å²) in [7, 11) is 0. The SMILES string of the molecule is CCNC1CN(C(C)=O)C1. The molecule has 1 aliphatic heterocycles. The molecule has 1 amide bonds. The highest BCUT2D eigenvalue weighted by Crippen LogP contribution is 2.06. The van der Waals surface area contributed by atoms with E-state index in [9.17, 15) is 4.79 Å². The molecule has 0 saturated carbocycles. The Labute approximate surface area is 61.4 Å². The Morgan fingerprint density at radius 3 is 2.70 bits per heavy atom. The van der Waals surface area contributed by atoms with Gasteiger partial charge in [0.25, 0.3) is 0 Å². The van der Waals surface area contributed by atoms with Crippen molar-refractivity contribution in [3.05, 3.63) is 0 Å². The molecule has 10 heavy (non-hydrogen) atoms. The van der Waals surface area contributed by atoms with E-state index in [2.05, 4.69) is 12.2 Å². The molecule has 0 aliphatic carbocycles. The van der Waals surface area contributed by atoms with Crippen LogP contribution in [0.4, 0.5) is 0 Å². The summed E-state index contributed by atoms with van der Waals surface area (Å²) in [5.41, 5.74) is 0. The van der Waals surface area contributed by atoms with Gasteiger partial charge in [-0.2, -0.15) is 0 Å². The largest absolute Gasteiger partial charge is 0.340 e. The highest BCUT2D eigenvalue weighted by molar-refractivity contribution is 5.74. The molecule has 1 heterocycles. The van der Waals surface area contributed by atoms with Crippen molar-refractivity contribution in [2.75, 3.05) is 19.6 Å². The van der Waals surface area contributed by atoms with Crippen LogP contribution in [0.1, 0.15) is 13.8 Å². The van der Waals surface area contributed by atoms with Gasteiger partial charge >= 0.3 is 0 Å². The fourth-order valence-electron chi connectivity index (χ4n) is 1.15. The average Bonchev–Trinajstić information content (AvgIpc) is 1.76. The van der Waals surface area contributed by atoms with E-state index in [1.807, 2.05) is 4.90 Å². The van der Waals surface area contributed by atoms with Crippen LogP contribution in [0, 0.1) is 0 Å². The molecule has 1 saturated heterocycles. The Morgan fingerprint density at radius 2 is 2.30 bits per heavy atom. The number of carbonyl (C=O) groups excluding carboxylic acids is 1. The Balaban J connectivity index is 2.12. The van der Waals surface area contributed by atoms with Crippen LogP contribution in [-0.2, 0) is 4.79 Å². The third-order valence-electron chi connectivity index (χ3n) is 1.82. The third-order valence-corrected chi connectivity index (χ3v) is 1.82. The number of rotatable bonds is 2. The summed E-state index contributed by atoms with van der Waals surface area (Å²) in [6.07, 6.45) is 0. The lowest BCUT2D eigenvalue weighted by atomic mass is 10.1. The van der Waals surface area contributed by atoms with Crippen LogP contribution in [0.3, 0.4) is 0 Å². The molecule has 1 fully saturated rings. The van der Waals surface area contributed by atoms with E-state index in [1.54, 1.807) is 6.92 Å². The van der Waals surface area contributed by atoms with Gasteiger partial charge < -0.3 is 10.2 Å². The zero-order chi connectivity index (χ0) is 7.56. The standard InChI is InChI=1S/C7H14N2O/c1-3-8-7-4-9(5-7)6(2)10/h7-8H,3-5H2,1-2H3. The molecule has 3 nitrogen and oxygen atoms in total. The lowest BCUT2D eigenvalue weighted by molar-refractivity contribution is -0.133. The number of likely N-dealkylation sites (N-methyl/N-ethyl adjacent to an activating group) is 1. The number of nitrogens with zero attached hydrogens (tertiary/aromatic N) is 1. The molecule has 3 heteroatoms. The smallest absolute Gasteiger partial charge is 0.219 e. The van der Waals surface area contributed by atoms with E-state index in [-0.39, 0.29) is 5.91 Å².